The third-order valence-electron chi connectivity index (χ3n) is 4.88. The minimum Gasteiger partial charge on any atom is -0.481 e. The van der Waals surface area contributed by atoms with E-state index in [1.54, 1.807) is 0 Å². The Hall–Kier alpha value is -3.25. The van der Waals surface area contributed by atoms with E-state index in [-0.39, 0.29) is 51.1 Å². The molecule has 3 aromatic rings. The van der Waals surface area contributed by atoms with E-state index in [9.17, 15) is 27.1 Å². The number of ether oxygens (including phenoxy) is 1. The van der Waals surface area contributed by atoms with Crippen molar-refractivity contribution < 1.29 is 36.9 Å². The number of aliphatic hydroxyl groups is 1. The predicted molar refractivity (Wildman–Crippen MR) is 125 cm³/mol. The molecule has 3 aromatic carbocycles. The third kappa shape index (κ3) is 6.45. The predicted octanol–water partition coefficient (Wildman–Crippen LogP) is 3.51. The number of benzene rings is 3. The van der Waals surface area contributed by atoms with Gasteiger partial charge in [0.15, 0.2) is 6.61 Å². The monoisotopic (exact) mass is 526 g/mol. The van der Waals surface area contributed by atoms with E-state index in [0.717, 1.165) is 40.7 Å². The maximum atomic E-state index is 14.0. The molecule has 186 valence electrons. The summed E-state index contributed by atoms with van der Waals surface area (Å²) in [5.41, 5.74) is 6.57. The van der Waals surface area contributed by atoms with Crippen LogP contribution in [-0.2, 0) is 21.4 Å². The van der Waals surface area contributed by atoms with Gasteiger partial charge in [0.05, 0.1) is 11.5 Å². The van der Waals surface area contributed by atoms with Crippen molar-refractivity contribution in [2.75, 3.05) is 25.5 Å². The topological polar surface area (TPSA) is 130 Å². The molecule has 35 heavy (non-hydrogen) atoms. The molecule has 0 amide bonds. The van der Waals surface area contributed by atoms with E-state index >= 15 is 0 Å². The smallest absolute Gasteiger partial charge is 0.341 e. The van der Waals surface area contributed by atoms with Crippen LogP contribution in [0, 0.1) is 11.6 Å². The van der Waals surface area contributed by atoms with Crippen molar-refractivity contribution >= 4 is 33.3 Å². The van der Waals surface area contributed by atoms with Crippen LogP contribution in [0.1, 0.15) is 5.56 Å². The molecule has 0 saturated carbocycles. The van der Waals surface area contributed by atoms with Crippen molar-refractivity contribution in [3.05, 3.63) is 76.8 Å². The standard InChI is InChI=1S/C23H21ClF2N2O6S/c24-21-11-22(34-13-23(30)31)20(14-7-17(26)10-18(27)8-14)9-15(21)12-28(5-6-29)35(32,33)19-3-1-16(25)2-4-19/h1-4,7-11,29H,5-6,12-13,27H2,(H,30,31). The Labute approximate surface area is 205 Å². The molecule has 3 rings (SSSR count). The zero-order chi connectivity index (χ0) is 25.8. The molecule has 0 atom stereocenters. The average Bonchev–Trinajstić information content (AvgIpc) is 2.78. The van der Waals surface area contributed by atoms with Crippen molar-refractivity contribution in [2.45, 2.75) is 11.4 Å². The average molecular weight is 527 g/mol. The zero-order valence-corrected chi connectivity index (χ0v) is 19.7. The number of rotatable bonds is 10. The van der Waals surface area contributed by atoms with E-state index < -0.39 is 40.8 Å². The highest BCUT2D eigenvalue weighted by Gasteiger charge is 2.26. The molecular weight excluding hydrogens is 506 g/mol. The molecule has 8 nitrogen and oxygen atoms in total. The minimum absolute atomic E-state index is 0.0150. The number of carboxylic acid groups (broad SMARTS) is 1. The molecule has 0 aromatic heterocycles. The van der Waals surface area contributed by atoms with Gasteiger partial charge < -0.3 is 20.7 Å². The van der Waals surface area contributed by atoms with Gasteiger partial charge in [-0.25, -0.2) is 22.0 Å². The maximum Gasteiger partial charge on any atom is 0.341 e. The normalized spacial score (nSPS) is 11.6. The summed E-state index contributed by atoms with van der Waals surface area (Å²) in [6.07, 6.45) is 0. The van der Waals surface area contributed by atoms with Gasteiger partial charge in [-0.3, -0.25) is 0 Å². The van der Waals surface area contributed by atoms with Gasteiger partial charge in [0, 0.05) is 29.4 Å². The molecule has 0 aliphatic carbocycles. The number of halogens is 3. The molecule has 0 aliphatic rings. The fraction of sp³-hybridized carbons (Fsp3) is 0.174. The van der Waals surface area contributed by atoms with E-state index in [1.165, 1.54) is 18.2 Å². The summed E-state index contributed by atoms with van der Waals surface area (Å²) in [6.45, 7) is -1.82. The Morgan fingerprint density at radius 3 is 2.34 bits per heavy atom. The Morgan fingerprint density at radius 2 is 1.74 bits per heavy atom. The van der Waals surface area contributed by atoms with Crippen LogP contribution in [0.15, 0.2) is 59.5 Å². The van der Waals surface area contributed by atoms with Gasteiger partial charge in [-0.1, -0.05) is 11.6 Å². The summed E-state index contributed by atoms with van der Waals surface area (Å²) in [6, 6.07) is 10.6. The molecule has 0 aliphatic heterocycles. The summed E-state index contributed by atoms with van der Waals surface area (Å²) in [4.78, 5) is 10.8. The Balaban J connectivity index is 2.08. The molecule has 0 bridgehead atoms. The van der Waals surface area contributed by atoms with Crippen LogP contribution in [0.5, 0.6) is 5.75 Å². The van der Waals surface area contributed by atoms with E-state index in [1.807, 2.05) is 0 Å². The first-order chi connectivity index (χ1) is 16.5. The number of carboxylic acids is 1. The van der Waals surface area contributed by atoms with Crippen LogP contribution >= 0.6 is 11.6 Å². The summed E-state index contributed by atoms with van der Waals surface area (Å²) in [7, 11) is -4.16. The molecular formula is C23H21ClF2N2O6S. The van der Waals surface area contributed by atoms with E-state index in [0.29, 0.717) is 0 Å². The van der Waals surface area contributed by atoms with E-state index in [2.05, 4.69) is 0 Å². The molecule has 12 heteroatoms. The third-order valence-corrected chi connectivity index (χ3v) is 7.09. The van der Waals surface area contributed by atoms with Gasteiger partial charge in [-0.2, -0.15) is 4.31 Å². The van der Waals surface area contributed by atoms with Crippen molar-refractivity contribution in [3.63, 3.8) is 0 Å². The Bertz CT molecular complexity index is 1320. The highest BCUT2D eigenvalue weighted by atomic mass is 35.5. The number of nitrogens with two attached hydrogens (primary N) is 1. The lowest BCUT2D eigenvalue weighted by molar-refractivity contribution is -0.139. The quantitative estimate of drug-likeness (QED) is 0.345. The summed E-state index contributed by atoms with van der Waals surface area (Å²) < 4.78 is 59.8. The number of aliphatic hydroxyl groups excluding tert-OH is 1. The van der Waals surface area contributed by atoms with Crippen molar-refractivity contribution in [2.24, 2.45) is 0 Å². The summed E-state index contributed by atoms with van der Waals surface area (Å²) >= 11 is 6.37. The lowest BCUT2D eigenvalue weighted by atomic mass is 10.0. The molecule has 4 N–H and O–H groups in total. The Kier molecular flexibility index (Phi) is 8.28. The number of anilines is 1. The molecule has 0 radical (unpaired) electrons. The maximum absolute atomic E-state index is 14.0. The number of nitrogens with zero attached hydrogens (tertiary/aromatic N) is 1. The highest BCUT2D eigenvalue weighted by molar-refractivity contribution is 7.89. The van der Waals surface area contributed by atoms with Crippen molar-refractivity contribution in [1.29, 1.82) is 0 Å². The molecule has 0 heterocycles. The molecule has 0 fully saturated rings. The van der Waals surface area contributed by atoms with Crippen LogP contribution in [0.4, 0.5) is 14.5 Å². The number of aliphatic carboxylic acids is 1. The number of sulfonamides is 1. The molecule has 0 unspecified atom stereocenters. The first-order valence-electron chi connectivity index (χ1n) is 10.1. The van der Waals surface area contributed by atoms with E-state index in [4.69, 9.17) is 27.2 Å². The van der Waals surface area contributed by atoms with Gasteiger partial charge in [0.1, 0.15) is 17.4 Å². The number of hydrogen-bond acceptors (Lipinski definition) is 6. The Morgan fingerprint density at radius 1 is 1.06 bits per heavy atom. The number of nitrogen functional groups attached to an aromatic ring is 1. The number of hydrogen-bond donors (Lipinski definition) is 3. The lowest BCUT2D eigenvalue weighted by Gasteiger charge is -2.23. The lowest BCUT2D eigenvalue weighted by Crippen LogP contribution is -2.33. The fourth-order valence-corrected chi connectivity index (χ4v) is 4.94. The second kappa shape index (κ2) is 11.0. The summed E-state index contributed by atoms with van der Waals surface area (Å²) in [5.74, 6) is -2.51. The second-order valence-corrected chi connectivity index (χ2v) is 9.76. The van der Waals surface area contributed by atoms with Gasteiger partial charge in [0.2, 0.25) is 10.0 Å². The zero-order valence-electron chi connectivity index (χ0n) is 18.1. The highest BCUT2D eigenvalue weighted by Crippen LogP contribution is 2.37. The minimum atomic E-state index is -4.16. The van der Waals surface area contributed by atoms with Crippen molar-refractivity contribution in [3.8, 4) is 16.9 Å². The van der Waals surface area contributed by atoms with Gasteiger partial charge >= 0.3 is 5.97 Å². The fourth-order valence-electron chi connectivity index (χ4n) is 3.31. The first-order valence-corrected chi connectivity index (χ1v) is 11.9. The van der Waals surface area contributed by atoms with Gasteiger partial charge in [0.25, 0.3) is 0 Å². The second-order valence-electron chi connectivity index (χ2n) is 7.41. The van der Waals surface area contributed by atoms with Crippen LogP contribution in [0.3, 0.4) is 0 Å². The van der Waals surface area contributed by atoms with Crippen LogP contribution in [-0.4, -0.2) is 48.7 Å². The van der Waals surface area contributed by atoms with Crippen LogP contribution < -0.4 is 10.5 Å². The van der Waals surface area contributed by atoms with Crippen LogP contribution in [0.25, 0.3) is 11.1 Å². The largest absolute Gasteiger partial charge is 0.481 e. The molecule has 0 spiro atoms. The van der Waals surface area contributed by atoms with Crippen molar-refractivity contribution in [1.82, 2.24) is 4.31 Å². The SMILES string of the molecule is Nc1cc(F)cc(-c2cc(CN(CCO)S(=O)(=O)c3ccc(F)cc3)c(Cl)cc2OCC(=O)O)c1. The van der Waals surface area contributed by atoms with Crippen LogP contribution in [0.2, 0.25) is 5.02 Å². The first kappa shape index (κ1) is 26.4. The number of carbonyl (C=O) groups is 1. The summed E-state index contributed by atoms with van der Waals surface area (Å²) in [5, 5.41) is 18.5. The molecule has 0 saturated heterocycles. The van der Waals surface area contributed by atoms with Gasteiger partial charge in [-0.05, 0) is 65.7 Å². The van der Waals surface area contributed by atoms with Gasteiger partial charge in [-0.15, -0.1) is 0 Å².